The van der Waals surface area contributed by atoms with E-state index in [0.717, 1.165) is 0 Å². The van der Waals surface area contributed by atoms with Crippen LogP contribution in [0.2, 0.25) is 0 Å². The zero-order valence-corrected chi connectivity index (χ0v) is 11.9. The molecule has 0 aromatic carbocycles. The third-order valence-corrected chi connectivity index (χ3v) is 3.02. The zero-order valence-electron chi connectivity index (χ0n) is 11.9. The number of aromatic amines is 1. The third-order valence-electron chi connectivity index (χ3n) is 3.02. The van der Waals surface area contributed by atoms with Crippen molar-refractivity contribution in [3.8, 4) is 0 Å². The molecule has 0 saturated carbocycles. The van der Waals surface area contributed by atoms with E-state index in [0.29, 0.717) is 26.1 Å². The van der Waals surface area contributed by atoms with Crippen molar-refractivity contribution in [3.05, 3.63) is 20.8 Å². The van der Waals surface area contributed by atoms with Crippen molar-refractivity contribution in [2.45, 2.75) is 19.9 Å². The molecule has 0 aliphatic rings. The molecule has 8 nitrogen and oxygen atoms in total. The number of aliphatic hydroxyl groups is 1. The highest BCUT2D eigenvalue weighted by molar-refractivity contribution is 5.62. The van der Waals surface area contributed by atoms with Crippen LogP contribution in [0.1, 0.15) is 13.3 Å². The molecule has 0 spiro atoms. The summed E-state index contributed by atoms with van der Waals surface area (Å²) in [6.07, 6.45) is 0.518. The Bertz CT molecular complexity index is 537. The molecule has 0 aliphatic heterocycles. The zero-order chi connectivity index (χ0) is 15.1. The molecule has 0 amide bonds. The highest BCUT2D eigenvalue weighted by Gasteiger charge is 2.17. The van der Waals surface area contributed by atoms with Crippen LogP contribution in [0.4, 0.5) is 11.5 Å². The first kappa shape index (κ1) is 16.3. The number of anilines is 2. The summed E-state index contributed by atoms with van der Waals surface area (Å²) in [5.74, 6) is 0.121. The molecule has 1 aromatic rings. The summed E-state index contributed by atoms with van der Waals surface area (Å²) in [6.45, 7) is 3.53. The fourth-order valence-electron chi connectivity index (χ4n) is 1.98. The Kier molecular flexibility index (Phi) is 6.26. The van der Waals surface area contributed by atoms with Crippen LogP contribution >= 0.6 is 0 Å². The van der Waals surface area contributed by atoms with Crippen molar-refractivity contribution in [1.82, 2.24) is 9.55 Å². The van der Waals surface area contributed by atoms with Crippen LogP contribution in [-0.2, 0) is 11.3 Å². The summed E-state index contributed by atoms with van der Waals surface area (Å²) in [5, 5.41) is 8.90. The van der Waals surface area contributed by atoms with Crippen molar-refractivity contribution in [2.24, 2.45) is 0 Å². The minimum Gasteiger partial charge on any atom is -0.396 e. The number of rotatable bonds is 8. The van der Waals surface area contributed by atoms with Gasteiger partial charge in [0.25, 0.3) is 5.56 Å². The number of nitrogens with two attached hydrogens (primary N) is 1. The van der Waals surface area contributed by atoms with Gasteiger partial charge >= 0.3 is 5.69 Å². The van der Waals surface area contributed by atoms with Gasteiger partial charge in [-0.3, -0.25) is 14.3 Å². The lowest BCUT2D eigenvalue weighted by atomic mass is 10.3. The Hall–Kier alpha value is -1.80. The molecule has 0 aliphatic carbocycles. The van der Waals surface area contributed by atoms with E-state index in [4.69, 9.17) is 15.6 Å². The Morgan fingerprint density at radius 3 is 2.70 bits per heavy atom. The molecule has 1 rings (SSSR count). The number of aliphatic hydroxyl groups excluding tert-OH is 1. The van der Waals surface area contributed by atoms with Gasteiger partial charge in [-0.25, -0.2) is 4.79 Å². The summed E-state index contributed by atoms with van der Waals surface area (Å²) in [5.41, 5.74) is 5.16. The SMILES string of the molecule is CCN(CCCO)c1c(N)n(CCOC)c(=O)[nH]c1=O. The van der Waals surface area contributed by atoms with Crippen molar-refractivity contribution in [1.29, 1.82) is 0 Å². The second-order valence-electron chi connectivity index (χ2n) is 4.29. The van der Waals surface area contributed by atoms with Crippen molar-refractivity contribution in [2.75, 3.05) is 44.0 Å². The summed E-state index contributed by atoms with van der Waals surface area (Å²) in [7, 11) is 1.52. The average molecular weight is 286 g/mol. The van der Waals surface area contributed by atoms with Crippen molar-refractivity contribution in [3.63, 3.8) is 0 Å². The van der Waals surface area contributed by atoms with Crippen LogP contribution in [0, 0.1) is 0 Å². The van der Waals surface area contributed by atoms with Gasteiger partial charge in [-0.1, -0.05) is 0 Å². The number of nitrogens with zero attached hydrogens (tertiary/aromatic N) is 2. The number of nitrogen functional groups attached to an aromatic ring is 1. The maximum atomic E-state index is 12.0. The van der Waals surface area contributed by atoms with Gasteiger partial charge in [-0.15, -0.1) is 0 Å². The van der Waals surface area contributed by atoms with Crippen molar-refractivity contribution >= 4 is 11.5 Å². The fraction of sp³-hybridized carbons (Fsp3) is 0.667. The molecule has 0 unspecified atom stereocenters. The first-order valence-electron chi connectivity index (χ1n) is 6.54. The number of hydrogen-bond donors (Lipinski definition) is 3. The lowest BCUT2D eigenvalue weighted by molar-refractivity contribution is 0.186. The molecule has 0 atom stereocenters. The second kappa shape index (κ2) is 7.71. The van der Waals surface area contributed by atoms with Crippen molar-refractivity contribution < 1.29 is 9.84 Å². The van der Waals surface area contributed by atoms with Crippen LogP contribution in [-0.4, -0.2) is 48.1 Å². The van der Waals surface area contributed by atoms with Crippen LogP contribution in [0.15, 0.2) is 9.59 Å². The maximum Gasteiger partial charge on any atom is 0.330 e. The smallest absolute Gasteiger partial charge is 0.330 e. The topological polar surface area (TPSA) is 114 Å². The van der Waals surface area contributed by atoms with Crippen LogP contribution in [0.5, 0.6) is 0 Å². The van der Waals surface area contributed by atoms with E-state index in [1.54, 1.807) is 4.90 Å². The monoisotopic (exact) mass is 286 g/mol. The molecule has 4 N–H and O–H groups in total. The minimum absolute atomic E-state index is 0.0254. The molecule has 114 valence electrons. The number of aromatic nitrogens is 2. The van der Waals surface area contributed by atoms with E-state index < -0.39 is 11.2 Å². The molecule has 0 saturated heterocycles. The Morgan fingerprint density at radius 1 is 1.45 bits per heavy atom. The van der Waals surface area contributed by atoms with Gasteiger partial charge in [0.2, 0.25) is 0 Å². The van der Waals surface area contributed by atoms with Gasteiger partial charge in [0.1, 0.15) is 11.5 Å². The largest absolute Gasteiger partial charge is 0.396 e. The highest BCUT2D eigenvalue weighted by atomic mass is 16.5. The van der Waals surface area contributed by atoms with E-state index in [9.17, 15) is 9.59 Å². The third kappa shape index (κ3) is 3.61. The average Bonchev–Trinajstić information content (AvgIpc) is 2.42. The predicted molar refractivity (Wildman–Crippen MR) is 77.2 cm³/mol. The number of ether oxygens (including phenoxy) is 1. The molecule has 0 radical (unpaired) electrons. The van der Waals surface area contributed by atoms with Gasteiger partial charge in [-0.2, -0.15) is 0 Å². The molecule has 0 bridgehead atoms. The van der Waals surface area contributed by atoms with E-state index in [2.05, 4.69) is 4.98 Å². The Balaban J connectivity index is 3.23. The van der Waals surface area contributed by atoms with Crippen LogP contribution in [0.3, 0.4) is 0 Å². The Morgan fingerprint density at radius 2 is 2.15 bits per heavy atom. The lowest BCUT2D eigenvalue weighted by Crippen LogP contribution is -2.39. The summed E-state index contributed by atoms with van der Waals surface area (Å²) < 4.78 is 6.20. The number of hydrogen-bond acceptors (Lipinski definition) is 6. The van der Waals surface area contributed by atoms with Crippen LogP contribution in [0.25, 0.3) is 0 Å². The summed E-state index contributed by atoms with van der Waals surface area (Å²) in [4.78, 5) is 27.7. The molecule has 0 fully saturated rings. The number of nitrogens with one attached hydrogen (secondary N) is 1. The normalized spacial score (nSPS) is 10.8. The van der Waals surface area contributed by atoms with E-state index in [1.165, 1.54) is 11.7 Å². The fourth-order valence-corrected chi connectivity index (χ4v) is 1.98. The molecule has 1 heterocycles. The van der Waals surface area contributed by atoms with Gasteiger partial charge in [0.05, 0.1) is 13.2 Å². The lowest BCUT2D eigenvalue weighted by Gasteiger charge is -2.24. The summed E-state index contributed by atoms with van der Waals surface area (Å²) >= 11 is 0. The van der Waals surface area contributed by atoms with E-state index in [1.807, 2.05) is 6.92 Å². The van der Waals surface area contributed by atoms with Gasteiger partial charge in [-0.05, 0) is 13.3 Å². The highest BCUT2D eigenvalue weighted by Crippen LogP contribution is 2.16. The maximum absolute atomic E-state index is 12.0. The van der Waals surface area contributed by atoms with E-state index >= 15 is 0 Å². The minimum atomic E-state index is -0.550. The Labute approximate surface area is 116 Å². The summed E-state index contributed by atoms with van der Waals surface area (Å²) in [6, 6.07) is 0. The first-order valence-corrected chi connectivity index (χ1v) is 6.54. The molecule has 1 aromatic heterocycles. The molecule has 20 heavy (non-hydrogen) atoms. The van der Waals surface area contributed by atoms with Gasteiger partial charge in [0, 0.05) is 26.8 Å². The van der Waals surface area contributed by atoms with E-state index in [-0.39, 0.29) is 24.7 Å². The van der Waals surface area contributed by atoms with Crippen LogP contribution < -0.4 is 21.9 Å². The van der Waals surface area contributed by atoms with Gasteiger partial charge < -0.3 is 20.5 Å². The molecular formula is C12H22N4O4. The second-order valence-corrected chi connectivity index (χ2v) is 4.29. The molecular weight excluding hydrogens is 264 g/mol. The predicted octanol–water partition coefficient (Wildman–Crippen LogP) is -1.03. The first-order chi connectivity index (χ1) is 9.56. The standard InChI is InChI=1S/C12H22N4O4/c1-3-15(5-4-7-17)9-10(13)16(6-8-20-2)12(19)14-11(9)18/h17H,3-8,13H2,1-2H3,(H,14,18,19). The number of methoxy groups -OCH3 is 1. The molecule has 8 heteroatoms. The number of H-pyrrole nitrogens is 1. The quantitative estimate of drug-likeness (QED) is 0.563. The van der Waals surface area contributed by atoms with Gasteiger partial charge in [0.15, 0.2) is 0 Å².